The average molecular weight is 256 g/mol. The first-order valence-electron chi connectivity index (χ1n) is 5.85. The van der Waals surface area contributed by atoms with Crippen LogP contribution in [0.3, 0.4) is 0 Å². The van der Waals surface area contributed by atoms with Crippen LogP contribution < -0.4 is 0 Å². The summed E-state index contributed by atoms with van der Waals surface area (Å²) in [5.41, 5.74) is 0.463. The fourth-order valence-corrected chi connectivity index (χ4v) is 2.38. The Kier molecular flexibility index (Phi) is 3.67. The van der Waals surface area contributed by atoms with Crippen LogP contribution in [0.15, 0.2) is 18.2 Å². The van der Waals surface area contributed by atoms with E-state index in [1.54, 1.807) is 0 Å². The molecule has 1 amide bonds. The van der Waals surface area contributed by atoms with Crippen LogP contribution in [0.1, 0.15) is 36.5 Å². The molecule has 0 aromatic heterocycles. The third kappa shape index (κ3) is 2.60. The van der Waals surface area contributed by atoms with Gasteiger partial charge in [-0.15, -0.1) is 0 Å². The molecule has 0 saturated carbocycles. The molecule has 1 aromatic rings. The molecule has 0 N–H and O–H groups in total. The topological polar surface area (TPSA) is 20.3 Å². The van der Waals surface area contributed by atoms with Crippen LogP contribution in [-0.4, -0.2) is 23.4 Å². The van der Waals surface area contributed by atoms with Gasteiger partial charge in [-0.3, -0.25) is 4.79 Å². The van der Waals surface area contributed by atoms with Crippen LogP contribution in [-0.2, 0) is 0 Å². The van der Waals surface area contributed by atoms with Crippen LogP contribution in [0, 0.1) is 5.82 Å². The number of nitrogens with zero attached hydrogens (tertiary/aromatic N) is 1. The largest absolute Gasteiger partial charge is 0.336 e. The fourth-order valence-electron chi connectivity index (χ4n) is 2.19. The highest BCUT2D eigenvalue weighted by Crippen LogP contribution is 2.22. The monoisotopic (exact) mass is 255 g/mol. The van der Waals surface area contributed by atoms with E-state index >= 15 is 0 Å². The minimum atomic E-state index is -0.491. The Hall–Kier alpha value is -1.09. The first-order valence-corrected chi connectivity index (χ1v) is 6.23. The van der Waals surface area contributed by atoms with Crippen molar-refractivity contribution in [3.05, 3.63) is 34.6 Å². The molecule has 17 heavy (non-hydrogen) atoms. The Morgan fingerprint density at radius 2 is 2.24 bits per heavy atom. The summed E-state index contributed by atoms with van der Waals surface area (Å²) in [6.07, 6.45) is 3.22. The second kappa shape index (κ2) is 5.05. The van der Waals surface area contributed by atoms with Gasteiger partial charge in [0.2, 0.25) is 0 Å². The molecule has 2 rings (SSSR count). The van der Waals surface area contributed by atoms with Crippen molar-refractivity contribution < 1.29 is 9.18 Å². The third-order valence-electron chi connectivity index (χ3n) is 3.23. The molecular weight excluding hydrogens is 241 g/mol. The first-order chi connectivity index (χ1) is 8.09. The van der Waals surface area contributed by atoms with Gasteiger partial charge in [0.05, 0.1) is 5.02 Å². The van der Waals surface area contributed by atoms with Gasteiger partial charge >= 0.3 is 0 Å². The van der Waals surface area contributed by atoms with E-state index in [-0.39, 0.29) is 17.0 Å². The van der Waals surface area contributed by atoms with Crippen molar-refractivity contribution >= 4 is 17.5 Å². The molecule has 0 spiro atoms. The van der Waals surface area contributed by atoms with Crippen molar-refractivity contribution in [1.82, 2.24) is 4.90 Å². The number of hydrogen-bond acceptors (Lipinski definition) is 1. The zero-order valence-corrected chi connectivity index (χ0v) is 10.5. The number of piperidine rings is 1. The van der Waals surface area contributed by atoms with Gasteiger partial charge in [0.15, 0.2) is 0 Å². The highest BCUT2D eigenvalue weighted by atomic mass is 35.5. The predicted molar refractivity (Wildman–Crippen MR) is 65.8 cm³/mol. The van der Waals surface area contributed by atoms with Gasteiger partial charge in [-0.25, -0.2) is 4.39 Å². The van der Waals surface area contributed by atoms with Gasteiger partial charge in [0.25, 0.3) is 5.91 Å². The van der Waals surface area contributed by atoms with Gasteiger partial charge in [0.1, 0.15) is 5.82 Å². The molecule has 1 aliphatic heterocycles. The lowest BCUT2D eigenvalue weighted by molar-refractivity contribution is 0.0635. The summed E-state index contributed by atoms with van der Waals surface area (Å²) in [5, 5.41) is 0.000475. The number of likely N-dealkylation sites (tertiary alicyclic amines) is 1. The zero-order valence-electron chi connectivity index (χ0n) is 9.75. The second-order valence-corrected chi connectivity index (χ2v) is 4.88. The van der Waals surface area contributed by atoms with Crippen molar-refractivity contribution in [1.29, 1.82) is 0 Å². The van der Waals surface area contributed by atoms with Crippen molar-refractivity contribution in [3.63, 3.8) is 0 Å². The minimum absolute atomic E-state index is 0.000475. The molecule has 1 aromatic carbocycles. The van der Waals surface area contributed by atoms with Crippen molar-refractivity contribution in [3.8, 4) is 0 Å². The summed E-state index contributed by atoms with van der Waals surface area (Å²) in [7, 11) is 0. The first kappa shape index (κ1) is 12.4. The Labute approximate surface area is 105 Å². The Balaban J connectivity index is 2.21. The standard InChI is InChI=1S/C13H15ClFNO/c1-9-4-2-3-7-16(9)13(17)10-5-6-12(15)11(14)8-10/h5-6,8-9H,2-4,7H2,1H3/t9-/m1/s1. The summed E-state index contributed by atoms with van der Waals surface area (Å²) >= 11 is 5.69. The van der Waals surface area contributed by atoms with E-state index < -0.39 is 5.82 Å². The van der Waals surface area contributed by atoms with E-state index in [1.807, 2.05) is 11.8 Å². The van der Waals surface area contributed by atoms with Crippen molar-refractivity contribution in [2.45, 2.75) is 32.2 Å². The van der Waals surface area contributed by atoms with E-state index in [9.17, 15) is 9.18 Å². The summed E-state index contributed by atoms with van der Waals surface area (Å²) in [4.78, 5) is 14.1. The fraction of sp³-hybridized carbons (Fsp3) is 0.462. The third-order valence-corrected chi connectivity index (χ3v) is 3.52. The Morgan fingerprint density at radius 1 is 1.47 bits per heavy atom. The van der Waals surface area contributed by atoms with Gasteiger partial charge in [0, 0.05) is 18.2 Å². The normalized spacial score (nSPS) is 20.4. The van der Waals surface area contributed by atoms with Gasteiger partial charge in [-0.1, -0.05) is 11.6 Å². The van der Waals surface area contributed by atoms with Crippen molar-refractivity contribution in [2.75, 3.05) is 6.54 Å². The minimum Gasteiger partial charge on any atom is -0.336 e. The van der Waals surface area contributed by atoms with E-state index in [4.69, 9.17) is 11.6 Å². The highest BCUT2D eigenvalue weighted by Gasteiger charge is 2.24. The number of hydrogen-bond donors (Lipinski definition) is 0. The highest BCUT2D eigenvalue weighted by molar-refractivity contribution is 6.31. The SMILES string of the molecule is C[C@@H]1CCCCN1C(=O)c1ccc(F)c(Cl)c1. The van der Waals surface area contributed by atoms with Gasteiger partial charge in [-0.05, 0) is 44.4 Å². The van der Waals surface area contributed by atoms with Gasteiger partial charge in [-0.2, -0.15) is 0 Å². The molecule has 2 nitrogen and oxygen atoms in total. The average Bonchev–Trinajstić information content (AvgIpc) is 2.32. The quantitative estimate of drug-likeness (QED) is 0.752. The molecular formula is C13H15ClFNO. The lowest BCUT2D eigenvalue weighted by Crippen LogP contribution is -2.42. The molecule has 4 heteroatoms. The molecule has 1 aliphatic rings. The summed E-state index contributed by atoms with van der Waals surface area (Å²) in [6, 6.07) is 4.38. The lowest BCUT2D eigenvalue weighted by Gasteiger charge is -2.33. The summed E-state index contributed by atoms with van der Waals surface area (Å²) in [6.45, 7) is 2.82. The van der Waals surface area contributed by atoms with Crippen molar-refractivity contribution in [2.24, 2.45) is 0 Å². The molecule has 0 bridgehead atoms. The maximum absolute atomic E-state index is 13.0. The Bertz CT molecular complexity index is 435. The molecule has 1 fully saturated rings. The van der Waals surface area contributed by atoms with E-state index in [1.165, 1.54) is 18.2 Å². The second-order valence-electron chi connectivity index (χ2n) is 4.47. The predicted octanol–water partition coefficient (Wildman–Crippen LogP) is 3.49. The van der Waals surface area contributed by atoms with Crippen LogP contribution in [0.5, 0.6) is 0 Å². The van der Waals surface area contributed by atoms with Gasteiger partial charge < -0.3 is 4.90 Å². The number of benzene rings is 1. The molecule has 0 unspecified atom stereocenters. The molecule has 1 atom stereocenters. The maximum atomic E-state index is 13.0. The van der Waals surface area contributed by atoms with E-state index in [0.717, 1.165) is 25.8 Å². The molecule has 92 valence electrons. The number of carbonyl (C=O) groups excluding carboxylic acids is 1. The van der Waals surface area contributed by atoms with Crippen LogP contribution in [0.2, 0.25) is 5.02 Å². The molecule has 1 saturated heterocycles. The zero-order chi connectivity index (χ0) is 12.4. The van der Waals surface area contributed by atoms with Crippen LogP contribution in [0.25, 0.3) is 0 Å². The number of carbonyl (C=O) groups is 1. The Morgan fingerprint density at radius 3 is 2.88 bits per heavy atom. The smallest absolute Gasteiger partial charge is 0.254 e. The van der Waals surface area contributed by atoms with Crippen LogP contribution >= 0.6 is 11.6 Å². The molecule has 0 aliphatic carbocycles. The van der Waals surface area contributed by atoms with E-state index in [0.29, 0.717) is 5.56 Å². The molecule has 0 radical (unpaired) electrons. The number of rotatable bonds is 1. The van der Waals surface area contributed by atoms with E-state index in [2.05, 4.69) is 0 Å². The number of amides is 1. The summed E-state index contributed by atoms with van der Waals surface area (Å²) in [5.74, 6) is -0.547. The number of halogens is 2. The molecule has 1 heterocycles. The maximum Gasteiger partial charge on any atom is 0.254 e. The lowest BCUT2D eigenvalue weighted by atomic mass is 10.0. The van der Waals surface area contributed by atoms with Crippen LogP contribution in [0.4, 0.5) is 4.39 Å². The summed E-state index contributed by atoms with van der Waals surface area (Å²) < 4.78 is 13.0.